The van der Waals surface area contributed by atoms with Crippen molar-refractivity contribution in [2.24, 2.45) is 4.99 Å². The van der Waals surface area contributed by atoms with Crippen molar-refractivity contribution >= 4 is 29.1 Å². The van der Waals surface area contributed by atoms with Crippen molar-refractivity contribution in [3.63, 3.8) is 0 Å². The van der Waals surface area contributed by atoms with Crippen LogP contribution in [0.2, 0.25) is 0 Å². The van der Waals surface area contributed by atoms with Gasteiger partial charge in [-0.2, -0.15) is 11.8 Å². The number of nitro groups is 1. The van der Waals surface area contributed by atoms with Gasteiger partial charge in [0, 0.05) is 32.2 Å². The number of guanidine groups is 1. The summed E-state index contributed by atoms with van der Waals surface area (Å²) >= 11 is 1.85. The third-order valence-electron chi connectivity index (χ3n) is 3.20. The fraction of sp³-hybridized carbons (Fsp3) is 0.562. The Morgan fingerprint density at radius 1 is 1.25 bits per heavy atom. The fourth-order valence-corrected chi connectivity index (χ4v) is 2.54. The van der Waals surface area contributed by atoms with Crippen LogP contribution in [0.15, 0.2) is 29.3 Å². The third kappa shape index (κ3) is 8.05. The van der Waals surface area contributed by atoms with Gasteiger partial charge in [0.2, 0.25) is 0 Å². The summed E-state index contributed by atoms with van der Waals surface area (Å²) in [5.74, 6) is 1.95. The Bertz CT molecular complexity index is 525. The number of nitrogens with zero attached hydrogens (tertiary/aromatic N) is 2. The van der Waals surface area contributed by atoms with Gasteiger partial charge in [-0.15, -0.1) is 0 Å². The van der Waals surface area contributed by atoms with Crippen molar-refractivity contribution in [3.05, 3.63) is 34.4 Å². The summed E-state index contributed by atoms with van der Waals surface area (Å²) in [6, 6.07) is 6.65. The van der Waals surface area contributed by atoms with Gasteiger partial charge in [0.15, 0.2) is 5.96 Å². The molecule has 0 fully saturated rings. The van der Waals surface area contributed by atoms with E-state index in [9.17, 15) is 10.1 Å². The minimum Gasteiger partial charge on any atom is -0.378 e. The van der Waals surface area contributed by atoms with Crippen LogP contribution in [0.4, 0.5) is 11.4 Å². The molecule has 0 bridgehead atoms. The molecule has 134 valence electrons. The predicted molar refractivity (Wildman–Crippen MR) is 103 cm³/mol. The second kappa shape index (κ2) is 12.5. The molecule has 1 aromatic carbocycles. The second-order valence-electron chi connectivity index (χ2n) is 5.09. The Kier molecular flexibility index (Phi) is 10.4. The first-order valence-corrected chi connectivity index (χ1v) is 9.56. The highest BCUT2D eigenvalue weighted by Gasteiger charge is 2.11. The number of nitrogens with one attached hydrogen (secondary N) is 3. The Morgan fingerprint density at radius 2 is 2.04 bits per heavy atom. The van der Waals surface area contributed by atoms with Gasteiger partial charge in [0.25, 0.3) is 5.69 Å². The molecule has 0 amide bonds. The SMILES string of the molecule is CCNC(=NCCCCSC)NCCNc1ccccc1[N+](=O)[O-]. The fourth-order valence-electron chi connectivity index (χ4n) is 2.05. The van der Waals surface area contributed by atoms with Crippen molar-refractivity contribution in [1.82, 2.24) is 10.6 Å². The second-order valence-corrected chi connectivity index (χ2v) is 6.07. The van der Waals surface area contributed by atoms with E-state index in [-0.39, 0.29) is 10.6 Å². The largest absolute Gasteiger partial charge is 0.378 e. The molecule has 24 heavy (non-hydrogen) atoms. The van der Waals surface area contributed by atoms with E-state index in [1.807, 2.05) is 18.7 Å². The summed E-state index contributed by atoms with van der Waals surface area (Å²) < 4.78 is 0. The van der Waals surface area contributed by atoms with Crippen LogP contribution in [-0.2, 0) is 0 Å². The van der Waals surface area contributed by atoms with Crippen LogP contribution in [0.25, 0.3) is 0 Å². The van der Waals surface area contributed by atoms with Crippen LogP contribution in [0.5, 0.6) is 0 Å². The zero-order valence-corrected chi connectivity index (χ0v) is 15.2. The first-order valence-electron chi connectivity index (χ1n) is 8.17. The first kappa shape index (κ1) is 20.1. The van der Waals surface area contributed by atoms with Gasteiger partial charge in [-0.25, -0.2) is 0 Å². The van der Waals surface area contributed by atoms with Crippen LogP contribution < -0.4 is 16.0 Å². The number of benzene rings is 1. The molecule has 0 saturated carbocycles. The molecule has 7 nitrogen and oxygen atoms in total. The van der Waals surface area contributed by atoms with Crippen LogP contribution in [-0.4, -0.2) is 49.1 Å². The van der Waals surface area contributed by atoms with E-state index < -0.39 is 0 Å². The number of thioether (sulfide) groups is 1. The molecule has 0 aliphatic rings. The van der Waals surface area contributed by atoms with Crippen molar-refractivity contribution in [2.75, 3.05) is 43.5 Å². The van der Waals surface area contributed by atoms with Gasteiger partial charge in [-0.05, 0) is 37.8 Å². The quantitative estimate of drug-likeness (QED) is 0.186. The van der Waals surface area contributed by atoms with Gasteiger partial charge >= 0.3 is 0 Å². The summed E-state index contributed by atoms with van der Waals surface area (Å²) in [5, 5.41) is 20.5. The highest BCUT2D eigenvalue weighted by Crippen LogP contribution is 2.22. The zero-order chi connectivity index (χ0) is 17.6. The molecule has 0 unspecified atom stereocenters. The van der Waals surface area contributed by atoms with Crippen molar-refractivity contribution in [3.8, 4) is 0 Å². The zero-order valence-electron chi connectivity index (χ0n) is 14.4. The Morgan fingerprint density at radius 3 is 2.75 bits per heavy atom. The van der Waals surface area contributed by atoms with Gasteiger partial charge in [0.1, 0.15) is 5.69 Å². The maximum absolute atomic E-state index is 11.0. The van der Waals surface area contributed by atoms with E-state index in [4.69, 9.17) is 0 Å². The number of unbranched alkanes of at least 4 members (excludes halogenated alkanes) is 1. The molecule has 1 rings (SSSR count). The Hall–Kier alpha value is -1.96. The summed E-state index contributed by atoms with van der Waals surface area (Å²) in [4.78, 5) is 15.1. The molecular formula is C16H27N5O2S. The minimum atomic E-state index is -0.379. The summed E-state index contributed by atoms with van der Waals surface area (Å²) in [6.07, 6.45) is 4.36. The van der Waals surface area contributed by atoms with Crippen LogP contribution in [0.1, 0.15) is 19.8 Å². The number of hydrogen-bond acceptors (Lipinski definition) is 5. The molecule has 1 aromatic rings. The Labute approximate surface area is 147 Å². The lowest BCUT2D eigenvalue weighted by atomic mass is 10.2. The van der Waals surface area contributed by atoms with Gasteiger partial charge < -0.3 is 16.0 Å². The van der Waals surface area contributed by atoms with Gasteiger partial charge in [-0.3, -0.25) is 15.1 Å². The lowest BCUT2D eigenvalue weighted by Gasteiger charge is -2.12. The summed E-state index contributed by atoms with van der Waals surface area (Å²) in [6.45, 7) is 4.82. The molecule has 0 atom stereocenters. The molecule has 0 saturated heterocycles. The average Bonchev–Trinajstić information content (AvgIpc) is 2.58. The number of aliphatic imine (C=N–C) groups is 1. The molecular weight excluding hydrogens is 326 g/mol. The van der Waals surface area contributed by atoms with Gasteiger partial charge in [0.05, 0.1) is 4.92 Å². The molecule has 0 radical (unpaired) electrons. The lowest BCUT2D eigenvalue weighted by molar-refractivity contribution is -0.384. The molecule has 8 heteroatoms. The van der Waals surface area contributed by atoms with Crippen LogP contribution >= 0.6 is 11.8 Å². The molecule has 0 aliphatic heterocycles. The maximum atomic E-state index is 11.0. The topological polar surface area (TPSA) is 91.6 Å². The van der Waals surface area contributed by atoms with Crippen LogP contribution in [0, 0.1) is 10.1 Å². The van der Waals surface area contributed by atoms with E-state index >= 15 is 0 Å². The van der Waals surface area contributed by atoms with Crippen molar-refractivity contribution < 1.29 is 4.92 Å². The van der Waals surface area contributed by atoms with Crippen molar-refractivity contribution in [2.45, 2.75) is 19.8 Å². The number of nitro benzene ring substituents is 1. The van der Waals surface area contributed by atoms with E-state index in [1.54, 1.807) is 18.2 Å². The van der Waals surface area contributed by atoms with Crippen LogP contribution in [0.3, 0.4) is 0 Å². The number of para-hydroxylation sites is 2. The van der Waals surface area contributed by atoms with E-state index in [0.29, 0.717) is 18.8 Å². The Balaban J connectivity index is 2.37. The maximum Gasteiger partial charge on any atom is 0.292 e. The van der Waals surface area contributed by atoms with Crippen molar-refractivity contribution in [1.29, 1.82) is 0 Å². The molecule has 0 spiro atoms. The lowest BCUT2D eigenvalue weighted by Crippen LogP contribution is -2.39. The first-order chi connectivity index (χ1) is 11.7. The predicted octanol–water partition coefficient (Wildman–Crippen LogP) is 2.71. The molecule has 0 aromatic heterocycles. The average molecular weight is 353 g/mol. The minimum absolute atomic E-state index is 0.0897. The van der Waals surface area contributed by atoms with E-state index in [2.05, 4.69) is 27.2 Å². The monoisotopic (exact) mass is 353 g/mol. The highest BCUT2D eigenvalue weighted by molar-refractivity contribution is 7.98. The standard InChI is InChI=1S/C16H27N5O2S/c1-3-17-16(19-10-6-7-13-24-2)20-12-11-18-14-8-4-5-9-15(14)21(22)23/h4-5,8-9,18H,3,6-7,10-13H2,1-2H3,(H2,17,19,20). The summed E-state index contributed by atoms with van der Waals surface area (Å²) in [5.41, 5.74) is 0.621. The van der Waals surface area contributed by atoms with E-state index in [0.717, 1.165) is 25.5 Å². The van der Waals surface area contributed by atoms with E-state index in [1.165, 1.54) is 18.2 Å². The molecule has 0 aliphatic carbocycles. The molecule has 0 heterocycles. The number of rotatable bonds is 11. The van der Waals surface area contributed by atoms with Gasteiger partial charge in [-0.1, -0.05) is 12.1 Å². The summed E-state index contributed by atoms with van der Waals surface area (Å²) in [7, 11) is 0. The highest BCUT2D eigenvalue weighted by atomic mass is 32.2. The number of anilines is 1. The normalized spacial score (nSPS) is 11.2. The molecule has 3 N–H and O–H groups in total. The third-order valence-corrected chi connectivity index (χ3v) is 3.90. The number of hydrogen-bond donors (Lipinski definition) is 3. The smallest absolute Gasteiger partial charge is 0.292 e.